The van der Waals surface area contributed by atoms with Gasteiger partial charge in [-0.25, -0.2) is 4.39 Å². The second kappa shape index (κ2) is 6.17. The normalized spacial score (nSPS) is 15.3. The van der Waals surface area contributed by atoms with Crippen molar-refractivity contribution in [2.24, 2.45) is 0 Å². The number of hydrogen-bond acceptors (Lipinski definition) is 5. The highest BCUT2D eigenvalue weighted by Crippen LogP contribution is 2.28. The second-order valence-corrected chi connectivity index (χ2v) is 5.35. The van der Waals surface area contributed by atoms with E-state index >= 15 is 0 Å². The molecule has 1 aliphatic heterocycles. The molecular formula is C14H16FN3OS. The van der Waals surface area contributed by atoms with Crippen molar-refractivity contribution in [3.05, 3.63) is 35.6 Å². The first-order valence-electron chi connectivity index (χ1n) is 6.78. The fourth-order valence-corrected chi connectivity index (χ4v) is 2.85. The summed E-state index contributed by atoms with van der Waals surface area (Å²) in [4.78, 5) is 2.20. The summed E-state index contributed by atoms with van der Waals surface area (Å²) in [6.07, 6.45) is 3.61. The highest BCUT2D eigenvalue weighted by atomic mass is 32.1. The number of anilines is 1. The Bertz CT molecular complexity index is 569. The molecule has 0 N–H and O–H groups in total. The number of nitrogens with zero attached hydrogens (tertiary/aromatic N) is 3. The van der Waals surface area contributed by atoms with Gasteiger partial charge < -0.3 is 9.64 Å². The number of ether oxygens (including phenoxy) is 1. The number of benzene rings is 1. The summed E-state index contributed by atoms with van der Waals surface area (Å²) in [5.41, 5.74) is 0.532. The van der Waals surface area contributed by atoms with Crippen LogP contribution in [0.4, 0.5) is 10.2 Å². The monoisotopic (exact) mass is 293 g/mol. The zero-order valence-corrected chi connectivity index (χ0v) is 11.9. The maximum Gasteiger partial charge on any atom is 0.271 e. The molecule has 2 heterocycles. The first-order valence-corrected chi connectivity index (χ1v) is 7.51. The van der Waals surface area contributed by atoms with E-state index in [9.17, 15) is 4.39 Å². The van der Waals surface area contributed by atoms with Crippen LogP contribution < -0.4 is 9.64 Å². The lowest BCUT2D eigenvalue weighted by molar-refractivity contribution is 0.290. The average Bonchev–Trinajstić information content (AvgIpc) is 2.96. The lowest BCUT2D eigenvalue weighted by atomic mass is 10.1. The summed E-state index contributed by atoms with van der Waals surface area (Å²) >= 11 is 1.14. The van der Waals surface area contributed by atoms with Crippen LogP contribution in [0.15, 0.2) is 24.3 Å². The van der Waals surface area contributed by atoms with E-state index in [1.807, 2.05) is 0 Å². The fourth-order valence-electron chi connectivity index (χ4n) is 2.33. The number of halogens is 1. The van der Waals surface area contributed by atoms with E-state index < -0.39 is 0 Å². The fraction of sp³-hybridized carbons (Fsp3) is 0.429. The molecule has 2 aromatic rings. The molecule has 0 atom stereocenters. The third-order valence-electron chi connectivity index (χ3n) is 3.42. The molecule has 0 unspecified atom stereocenters. The van der Waals surface area contributed by atoms with Crippen molar-refractivity contribution in [3.8, 4) is 5.88 Å². The Balaban J connectivity index is 1.69. The number of rotatable bonds is 4. The average molecular weight is 293 g/mol. The molecule has 0 bridgehead atoms. The third kappa shape index (κ3) is 2.90. The molecule has 20 heavy (non-hydrogen) atoms. The number of hydrogen-bond donors (Lipinski definition) is 0. The zero-order valence-electron chi connectivity index (χ0n) is 11.1. The van der Waals surface area contributed by atoms with E-state index in [4.69, 9.17) is 4.74 Å². The van der Waals surface area contributed by atoms with Gasteiger partial charge in [-0.2, -0.15) is 4.37 Å². The SMILES string of the molecule is Fc1ccccc1COc1nsnc1N1CCCCC1. The van der Waals surface area contributed by atoms with Crippen LogP contribution in [0.3, 0.4) is 0 Å². The lowest BCUT2D eigenvalue weighted by Gasteiger charge is -2.26. The van der Waals surface area contributed by atoms with Gasteiger partial charge in [0.05, 0.1) is 11.7 Å². The van der Waals surface area contributed by atoms with Gasteiger partial charge in [-0.15, -0.1) is 4.37 Å². The third-order valence-corrected chi connectivity index (χ3v) is 3.92. The molecule has 1 aromatic carbocycles. The van der Waals surface area contributed by atoms with E-state index in [0.717, 1.165) is 30.6 Å². The molecule has 0 amide bonds. The van der Waals surface area contributed by atoms with Crippen LogP contribution in [-0.4, -0.2) is 21.8 Å². The van der Waals surface area contributed by atoms with E-state index in [1.54, 1.807) is 18.2 Å². The van der Waals surface area contributed by atoms with E-state index in [2.05, 4.69) is 13.6 Å². The molecule has 0 radical (unpaired) electrons. The highest BCUT2D eigenvalue weighted by Gasteiger charge is 2.19. The van der Waals surface area contributed by atoms with Crippen molar-refractivity contribution in [2.45, 2.75) is 25.9 Å². The van der Waals surface area contributed by atoms with Crippen LogP contribution in [-0.2, 0) is 6.61 Å². The Labute approximate surface area is 121 Å². The van der Waals surface area contributed by atoms with Gasteiger partial charge in [0.25, 0.3) is 5.88 Å². The van der Waals surface area contributed by atoms with Crippen LogP contribution >= 0.6 is 11.7 Å². The zero-order chi connectivity index (χ0) is 13.8. The van der Waals surface area contributed by atoms with E-state index in [-0.39, 0.29) is 12.4 Å². The molecular weight excluding hydrogens is 277 g/mol. The van der Waals surface area contributed by atoms with Crippen molar-refractivity contribution < 1.29 is 9.13 Å². The van der Waals surface area contributed by atoms with Gasteiger partial charge in [0, 0.05) is 18.7 Å². The van der Waals surface area contributed by atoms with Gasteiger partial charge in [0.15, 0.2) is 0 Å². The molecule has 1 fully saturated rings. The molecule has 0 spiro atoms. The van der Waals surface area contributed by atoms with Crippen molar-refractivity contribution in [1.82, 2.24) is 8.75 Å². The van der Waals surface area contributed by atoms with Crippen molar-refractivity contribution >= 4 is 17.5 Å². The topological polar surface area (TPSA) is 38.3 Å². The standard InChI is InChI=1S/C14H16FN3OS/c15-12-7-3-2-6-11(12)10-19-14-13(16-20-17-14)18-8-4-1-5-9-18/h2-3,6-7H,1,4-5,8-10H2. The molecule has 3 rings (SSSR count). The summed E-state index contributed by atoms with van der Waals surface area (Å²) in [5.74, 6) is 1.06. The summed E-state index contributed by atoms with van der Waals surface area (Å²) < 4.78 is 27.7. The molecule has 1 saturated heterocycles. The molecule has 0 aliphatic carbocycles. The molecule has 106 valence electrons. The Morgan fingerprint density at radius 3 is 2.75 bits per heavy atom. The molecule has 1 aliphatic rings. The minimum Gasteiger partial charge on any atom is -0.469 e. The maximum atomic E-state index is 13.5. The van der Waals surface area contributed by atoms with Gasteiger partial charge in [0.1, 0.15) is 12.4 Å². The van der Waals surface area contributed by atoms with Crippen LogP contribution in [0.1, 0.15) is 24.8 Å². The summed E-state index contributed by atoms with van der Waals surface area (Å²) in [6.45, 7) is 2.15. The van der Waals surface area contributed by atoms with Crippen LogP contribution in [0.25, 0.3) is 0 Å². The summed E-state index contributed by atoms with van der Waals surface area (Å²) in [6, 6.07) is 6.62. The molecule has 4 nitrogen and oxygen atoms in total. The Kier molecular flexibility index (Phi) is 4.11. The quantitative estimate of drug-likeness (QED) is 0.867. The summed E-state index contributed by atoms with van der Waals surface area (Å²) in [7, 11) is 0. The Hall–Kier alpha value is -1.69. The first-order chi connectivity index (χ1) is 9.84. The van der Waals surface area contributed by atoms with E-state index in [1.165, 1.54) is 25.3 Å². The predicted octanol–water partition coefficient (Wildman–Crippen LogP) is 3.25. The van der Waals surface area contributed by atoms with Gasteiger partial charge in [0.2, 0.25) is 5.82 Å². The Morgan fingerprint density at radius 2 is 1.95 bits per heavy atom. The van der Waals surface area contributed by atoms with Gasteiger partial charge in [-0.05, 0) is 25.3 Å². The minimum absolute atomic E-state index is 0.179. The van der Waals surface area contributed by atoms with Gasteiger partial charge in [-0.1, -0.05) is 18.2 Å². The lowest BCUT2D eigenvalue weighted by Crippen LogP contribution is -2.30. The van der Waals surface area contributed by atoms with Crippen molar-refractivity contribution in [1.29, 1.82) is 0 Å². The first kappa shape index (κ1) is 13.3. The number of aromatic nitrogens is 2. The summed E-state index contributed by atoms with van der Waals surface area (Å²) in [5, 5.41) is 0. The van der Waals surface area contributed by atoms with Crippen LogP contribution in [0, 0.1) is 5.82 Å². The second-order valence-electron chi connectivity index (χ2n) is 4.82. The molecule has 6 heteroatoms. The largest absolute Gasteiger partial charge is 0.469 e. The predicted molar refractivity (Wildman–Crippen MR) is 76.7 cm³/mol. The highest BCUT2D eigenvalue weighted by molar-refractivity contribution is 6.99. The van der Waals surface area contributed by atoms with Crippen molar-refractivity contribution in [2.75, 3.05) is 18.0 Å². The van der Waals surface area contributed by atoms with Crippen molar-refractivity contribution in [3.63, 3.8) is 0 Å². The smallest absolute Gasteiger partial charge is 0.271 e. The number of piperidine rings is 1. The maximum absolute atomic E-state index is 13.5. The van der Waals surface area contributed by atoms with Crippen LogP contribution in [0.5, 0.6) is 5.88 Å². The van der Waals surface area contributed by atoms with Gasteiger partial charge in [-0.3, -0.25) is 0 Å². The molecule has 1 aromatic heterocycles. The van der Waals surface area contributed by atoms with Gasteiger partial charge >= 0.3 is 0 Å². The minimum atomic E-state index is -0.254. The molecule has 0 saturated carbocycles. The van der Waals surface area contributed by atoms with Crippen LogP contribution in [0.2, 0.25) is 0 Å². The Morgan fingerprint density at radius 1 is 1.15 bits per heavy atom. The van der Waals surface area contributed by atoms with E-state index in [0.29, 0.717) is 11.4 Å².